The van der Waals surface area contributed by atoms with Crippen LogP contribution in [-0.2, 0) is 11.2 Å². The highest BCUT2D eigenvalue weighted by Crippen LogP contribution is 2.03. The molecule has 0 bridgehead atoms. The van der Waals surface area contributed by atoms with Crippen molar-refractivity contribution in [1.82, 2.24) is 10.6 Å². The van der Waals surface area contributed by atoms with Crippen LogP contribution in [0.5, 0.6) is 0 Å². The molecule has 0 saturated heterocycles. The lowest BCUT2D eigenvalue weighted by Gasteiger charge is -2.17. The molecular formula is C14H20N2O4. The predicted octanol–water partition coefficient (Wildman–Crippen LogP) is 0.671. The number of carboxylic acids is 1. The first-order valence-corrected chi connectivity index (χ1v) is 6.41. The van der Waals surface area contributed by atoms with Crippen LogP contribution in [0.15, 0.2) is 24.3 Å². The maximum absolute atomic E-state index is 11.5. The van der Waals surface area contributed by atoms with Gasteiger partial charge in [-0.3, -0.25) is 0 Å². The minimum absolute atomic E-state index is 0.390. The summed E-state index contributed by atoms with van der Waals surface area (Å²) in [6.45, 7) is 3.69. The molecule has 0 spiro atoms. The lowest BCUT2D eigenvalue weighted by atomic mass is 10.1. The van der Waals surface area contributed by atoms with Crippen LogP contribution in [0.4, 0.5) is 4.79 Å². The largest absolute Gasteiger partial charge is 0.480 e. The Morgan fingerprint density at radius 1 is 1.35 bits per heavy atom. The zero-order chi connectivity index (χ0) is 15.1. The van der Waals surface area contributed by atoms with Crippen LogP contribution in [0.3, 0.4) is 0 Å². The Morgan fingerprint density at radius 3 is 2.60 bits per heavy atom. The van der Waals surface area contributed by atoms with Gasteiger partial charge in [0, 0.05) is 6.54 Å². The van der Waals surface area contributed by atoms with Gasteiger partial charge in [-0.25, -0.2) is 9.59 Å². The summed E-state index contributed by atoms with van der Waals surface area (Å²) in [7, 11) is 0. The van der Waals surface area contributed by atoms with Crippen molar-refractivity contribution >= 4 is 12.0 Å². The van der Waals surface area contributed by atoms with Gasteiger partial charge in [-0.05, 0) is 25.8 Å². The van der Waals surface area contributed by atoms with Crippen molar-refractivity contribution in [2.45, 2.75) is 32.4 Å². The number of nitrogens with one attached hydrogen (secondary N) is 2. The number of aliphatic hydroxyl groups excluding tert-OH is 1. The Balaban J connectivity index is 2.38. The second-order valence-corrected chi connectivity index (χ2v) is 4.70. The second kappa shape index (κ2) is 7.49. The molecule has 0 saturated carbocycles. The number of hydrogen-bond acceptors (Lipinski definition) is 3. The Bertz CT molecular complexity index is 474. The molecule has 6 nitrogen and oxygen atoms in total. The van der Waals surface area contributed by atoms with Crippen LogP contribution in [0.1, 0.15) is 18.1 Å². The number of carbonyl (C=O) groups is 2. The summed E-state index contributed by atoms with van der Waals surface area (Å²) in [6, 6.07) is 6.00. The summed E-state index contributed by atoms with van der Waals surface area (Å²) in [5.41, 5.74) is 2.24. The van der Waals surface area contributed by atoms with Crippen LogP contribution in [0.2, 0.25) is 0 Å². The Labute approximate surface area is 117 Å². The topological polar surface area (TPSA) is 98.7 Å². The Morgan fingerprint density at radius 2 is 2.05 bits per heavy atom. The molecule has 0 aliphatic rings. The predicted molar refractivity (Wildman–Crippen MR) is 74.5 cm³/mol. The quantitative estimate of drug-likeness (QED) is 0.615. The third-order valence-corrected chi connectivity index (χ3v) is 2.82. The molecule has 1 rings (SSSR count). The zero-order valence-corrected chi connectivity index (χ0v) is 11.6. The standard InChI is InChI=1S/C14H20N2O4/c1-9-4-3-5-11(8-9)6-7-15-14(20)16-12(10(2)17)13(18)19/h3-5,8,10,12,17H,6-7H2,1-2H3,(H,18,19)(H2,15,16,20). The monoisotopic (exact) mass is 280 g/mol. The van der Waals surface area contributed by atoms with Crippen LogP contribution >= 0.6 is 0 Å². The number of urea groups is 1. The summed E-state index contributed by atoms with van der Waals surface area (Å²) >= 11 is 0. The number of aliphatic hydroxyl groups is 1. The van der Waals surface area contributed by atoms with Crippen molar-refractivity contribution in [3.8, 4) is 0 Å². The molecule has 0 aliphatic heterocycles. The molecule has 4 N–H and O–H groups in total. The van der Waals surface area contributed by atoms with Crippen molar-refractivity contribution in [3.63, 3.8) is 0 Å². The van der Waals surface area contributed by atoms with E-state index in [0.717, 1.165) is 11.1 Å². The number of aliphatic carboxylic acids is 1. The van der Waals surface area contributed by atoms with Gasteiger partial charge < -0.3 is 20.8 Å². The van der Waals surface area contributed by atoms with Gasteiger partial charge in [-0.2, -0.15) is 0 Å². The summed E-state index contributed by atoms with van der Waals surface area (Å²) in [5.74, 6) is -1.27. The average Bonchev–Trinajstić information content (AvgIpc) is 2.35. The van der Waals surface area contributed by atoms with E-state index in [1.54, 1.807) is 0 Å². The highest BCUT2D eigenvalue weighted by atomic mass is 16.4. The van der Waals surface area contributed by atoms with E-state index < -0.39 is 24.1 Å². The molecule has 20 heavy (non-hydrogen) atoms. The van der Waals surface area contributed by atoms with Crippen LogP contribution in [-0.4, -0.2) is 40.9 Å². The van der Waals surface area contributed by atoms with Gasteiger partial charge in [0.15, 0.2) is 6.04 Å². The molecule has 1 aromatic rings. The normalized spacial score (nSPS) is 13.3. The number of benzene rings is 1. The minimum Gasteiger partial charge on any atom is -0.480 e. The van der Waals surface area contributed by atoms with Crippen LogP contribution in [0.25, 0.3) is 0 Å². The first-order valence-electron chi connectivity index (χ1n) is 6.41. The van der Waals surface area contributed by atoms with E-state index in [4.69, 9.17) is 5.11 Å². The molecular weight excluding hydrogens is 260 g/mol. The fourth-order valence-electron chi connectivity index (χ4n) is 1.77. The van der Waals surface area contributed by atoms with E-state index in [2.05, 4.69) is 10.6 Å². The molecule has 0 radical (unpaired) electrons. The summed E-state index contributed by atoms with van der Waals surface area (Å²) in [4.78, 5) is 22.3. The summed E-state index contributed by atoms with van der Waals surface area (Å²) in [5, 5.41) is 22.8. The van der Waals surface area contributed by atoms with Gasteiger partial charge in [0.2, 0.25) is 0 Å². The van der Waals surface area contributed by atoms with Crippen molar-refractivity contribution in [2.24, 2.45) is 0 Å². The fraction of sp³-hybridized carbons (Fsp3) is 0.429. The smallest absolute Gasteiger partial charge is 0.328 e. The number of rotatable bonds is 6. The van der Waals surface area contributed by atoms with E-state index in [0.29, 0.717) is 13.0 Å². The summed E-state index contributed by atoms with van der Waals surface area (Å²) < 4.78 is 0. The molecule has 110 valence electrons. The van der Waals surface area contributed by atoms with Crippen molar-refractivity contribution < 1.29 is 19.8 Å². The SMILES string of the molecule is Cc1cccc(CCNC(=O)NC(C(=O)O)C(C)O)c1. The minimum atomic E-state index is -1.31. The summed E-state index contributed by atoms with van der Waals surface area (Å²) in [6.07, 6.45) is -0.503. The Kier molecular flexibility index (Phi) is 5.99. The average molecular weight is 280 g/mol. The molecule has 1 aromatic carbocycles. The van der Waals surface area contributed by atoms with Crippen LogP contribution < -0.4 is 10.6 Å². The van der Waals surface area contributed by atoms with Crippen molar-refractivity contribution in [1.29, 1.82) is 0 Å². The third kappa shape index (κ3) is 5.27. The molecule has 0 heterocycles. The zero-order valence-electron chi connectivity index (χ0n) is 11.6. The second-order valence-electron chi connectivity index (χ2n) is 4.70. The molecule has 2 unspecified atom stereocenters. The maximum Gasteiger partial charge on any atom is 0.328 e. The molecule has 0 aromatic heterocycles. The van der Waals surface area contributed by atoms with E-state index in [-0.39, 0.29) is 0 Å². The molecule has 2 atom stereocenters. The first-order chi connectivity index (χ1) is 9.40. The fourth-order valence-corrected chi connectivity index (χ4v) is 1.77. The molecule has 0 aliphatic carbocycles. The molecule has 0 fully saturated rings. The number of carbonyl (C=O) groups excluding carboxylic acids is 1. The highest BCUT2D eigenvalue weighted by molar-refractivity contribution is 5.82. The van der Waals surface area contributed by atoms with Crippen molar-refractivity contribution in [2.75, 3.05) is 6.54 Å². The number of carboxylic acid groups (broad SMARTS) is 1. The number of hydrogen-bond donors (Lipinski definition) is 4. The molecule has 6 heteroatoms. The first kappa shape index (κ1) is 16.0. The maximum atomic E-state index is 11.5. The lowest BCUT2D eigenvalue weighted by molar-refractivity contribution is -0.141. The highest BCUT2D eigenvalue weighted by Gasteiger charge is 2.24. The van der Waals surface area contributed by atoms with Gasteiger partial charge in [-0.1, -0.05) is 29.8 Å². The van der Waals surface area contributed by atoms with Gasteiger partial charge in [0.05, 0.1) is 6.10 Å². The van der Waals surface area contributed by atoms with Gasteiger partial charge >= 0.3 is 12.0 Å². The van der Waals surface area contributed by atoms with Crippen LogP contribution in [0, 0.1) is 6.92 Å². The van der Waals surface area contributed by atoms with E-state index in [9.17, 15) is 14.7 Å². The van der Waals surface area contributed by atoms with E-state index >= 15 is 0 Å². The number of amides is 2. The van der Waals surface area contributed by atoms with E-state index in [1.807, 2.05) is 31.2 Å². The van der Waals surface area contributed by atoms with Gasteiger partial charge in [0.1, 0.15) is 0 Å². The van der Waals surface area contributed by atoms with Gasteiger partial charge in [0.25, 0.3) is 0 Å². The Hall–Kier alpha value is -2.08. The van der Waals surface area contributed by atoms with Crippen molar-refractivity contribution in [3.05, 3.63) is 35.4 Å². The lowest BCUT2D eigenvalue weighted by Crippen LogP contribution is -2.51. The third-order valence-electron chi connectivity index (χ3n) is 2.82. The number of aryl methyl sites for hydroxylation is 1. The van der Waals surface area contributed by atoms with E-state index in [1.165, 1.54) is 6.92 Å². The van der Waals surface area contributed by atoms with Gasteiger partial charge in [-0.15, -0.1) is 0 Å². The molecule has 2 amide bonds.